The van der Waals surface area contributed by atoms with E-state index in [1.54, 1.807) is 0 Å². The summed E-state index contributed by atoms with van der Waals surface area (Å²) >= 11 is 0. The number of rotatable bonds is 36. The van der Waals surface area contributed by atoms with E-state index in [1.165, 1.54) is 19.3 Å². The summed E-state index contributed by atoms with van der Waals surface area (Å²) in [5.41, 5.74) is 0. The summed E-state index contributed by atoms with van der Waals surface area (Å²) in [6, 6.07) is 0. The quantitative estimate of drug-likeness (QED) is 0.0324. The molecule has 0 fully saturated rings. The molecule has 0 aromatic carbocycles. The minimum atomic E-state index is -0.962. The van der Waals surface area contributed by atoms with Gasteiger partial charge >= 0.3 is 36.2 Å². The van der Waals surface area contributed by atoms with Crippen molar-refractivity contribution in [3.8, 4) is 0 Å². The monoisotopic (exact) mass is 761 g/mol. The van der Waals surface area contributed by atoms with E-state index >= 15 is 0 Å². The second-order valence-electron chi connectivity index (χ2n) is 13.1. The number of unbranched alkanes of at least 4 members (excludes halogenated alkanes) is 8. The van der Waals surface area contributed by atoms with Crippen molar-refractivity contribution in [2.45, 2.75) is 155 Å². The average Bonchev–Trinajstić information content (AvgIpc) is 3.11. The fourth-order valence-electron chi connectivity index (χ4n) is 5.25. The van der Waals surface area contributed by atoms with E-state index in [0.29, 0.717) is 51.7 Å². The molecule has 0 saturated heterocycles. The molecule has 308 valence electrons. The molecule has 0 saturated carbocycles. The van der Waals surface area contributed by atoms with Crippen molar-refractivity contribution < 1.29 is 67.4 Å². The summed E-state index contributed by atoms with van der Waals surface area (Å²) in [7, 11) is 0. The second-order valence-corrected chi connectivity index (χ2v) is 13.1. The van der Waals surface area contributed by atoms with Crippen molar-refractivity contribution in [1.82, 2.24) is 5.32 Å². The van der Waals surface area contributed by atoms with Gasteiger partial charge in [0.2, 0.25) is 0 Å². The van der Waals surface area contributed by atoms with E-state index in [2.05, 4.69) is 19.2 Å². The Hall–Kier alpha value is -3.62. The molecule has 15 heteroatoms. The molecular formula is C38H67NO14. The van der Waals surface area contributed by atoms with Crippen molar-refractivity contribution >= 4 is 36.2 Å². The Balaban J connectivity index is 4.27. The molecule has 0 bridgehead atoms. The first-order chi connectivity index (χ1) is 25.6. The number of hydrogen-bond acceptors (Lipinski definition) is 13. The van der Waals surface area contributed by atoms with Crippen molar-refractivity contribution in [2.24, 2.45) is 5.92 Å². The first kappa shape index (κ1) is 49.4. The maximum atomic E-state index is 12.3. The van der Waals surface area contributed by atoms with Gasteiger partial charge < -0.3 is 44.0 Å². The summed E-state index contributed by atoms with van der Waals surface area (Å²) in [6.45, 7) is 5.42. The van der Waals surface area contributed by atoms with E-state index in [0.717, 1.165) is 44.9 Å². The predicted octanol–water partition coefficient (Wildman–Crippen LogP) is 7.35. The van der Waals surface area contributed by atoms with Crippen molar-refractivity contribution in [2.75, 3.05) is 46.1 Å². The number of carbonyl (C=O) groups is 6. The Morgan fingerprint density at radius 2 is 0.981 bits per heavy atom. The molecule has 15 nitrogen and oxygen atoms in total. The van der Waals surface area contributed by atoms with Crippen LogP contribution in [0.1, 0.15) is 149 Å². The molecular weight excluding hydrogens is 694 g/mol. The highest BCUT2D eigenvalue weighted by atomic mass is 16.7. The summed E-state index contributed by atoms with van der Waals surface area (Å²) in [4.78, 5) is 70.3. The molecule has 0 aromatic rings. The van der Waals surface area contributed by atoms with E-state index < -0.39 is 30.4 Å². The van der Waals surface area contributed by atoms with Gasteiger partial charge in [-0.3, -0.25) is 19.2 Å². The Bertz CT molecular complexity index is 992. The minimum absolute atomic E-state index is 0.0276. The van der Waals surface area contributed by atoms with Crippen LogP contribution in [0, 0.1) is 5.92 Å². The molecule has 0 amide bonds. The van der Waals surface area contributed by atoms with E-state index in [-0.39, 0.29) is 82.9 Å². The molecule has 0 radical (unpaired) electrons. The van der Waals surface area contributed by atoms with Gasteiger partial charge in [0, 0.05) is 38.8 Å². The first-order valence-corrected chi connectivity index (χ1v) is 19.7. The number of esters is 2. The fraction of sp³-hybridized carbons (Fsp3) is 0.842. The van der Waals surface area contributed by atoms with Crippen LogP contribution >= 0.6 is 0 Å². The topological polar surface area (TPSA) is 210 Å². The van der Waals surface area contributed by atoms with Gasteiger partial charge in [0.15, 0.2) is 0 Å². The third-order valence-corrected chi connectivity index (χ3v) is 8.30. The third kappa shape index (κ3) is 35.2. The van der Waals surface area contributed by atoms with Crippen LogP contribution in [-0.2, 0) is 47.6 Å². The lowest BCUT2D eigenvalue weighted by Crippen LogP contribution is -2.27. The summed E-state index contributed by atoms with van der Waals surface area (Å²) in [5, 5.41) is 21.0. The zero-order valence-corrected chi connectivity index (χ0v) is 32.2. The largest absolute Gasteiger partial charge is 0.508 e. The van der Waals surface area contributed by atoms with Crippen LogP contribution in [-0.4, -0.2) is 98.6 Å². The van der Waals surface area contributed by atoms with Gasteiger partial charge in [-0.1, -0.05) is 65.2 Å². The minimum Gasteiger partial charge on any atom is -0.481 e. The van der Waals surface area contributed by atoms with E-state index in [1.807, 2.05) is 0 Å². The average molecular weight is 762 g/mol. The SMILES string of the molecule is CCCCCCCCOC(=O)CCCC(CCCC(=O)O)OC(=O)OCCNCCOC(=O)OCC(CCCC(=O)OCCCCCC)CCC(=O)O. The highest BCUT2D eigenvalue weighted by Crippen LogP contribution is 2.17. The lowest BCUT2D eigenvalue weighted by atomic mass is 9.97. The maximum Gasteiger partial charge on any atom is 0.508 e. The highest BCUT2D eigenvalue weighted by Gasteiger charge is 2.18. The zero-order chi connectivity index (χ0) is 39.4. The predicted molar refractivity (Wildman–Crippen MR) is 195 cm³/mol. The number of carbonyl (C=O) groups excluding carboxylic acids is 4. The van der Waals surface area contributed by atoms with E-state index in [9.17, 15) is 28.8 Å². The Morgan fingerprint density at radius 1 is 0.491 bits per heavy atom. The van der Waals surface area contributed by atoms with Gasteiger partial charge in [0.25, 0.3) is 0 Å². The molecule has 0 heterocycles. The van der Waals surface area contributed by atoms with Crippen molar-refractivity contribution in [3.05, 3.63) is 0 Å². The van der Waals surface area contributed by atoms with E-state index in [4.69, 9.17) is 38.6 Å². The van der Waals surface area contributed by atoms with Gasteiger partial charge in [0.1, 0.15) is 19.3 Å². The molecule has 0 aliphatic heterocycles. The molecule has 0 aliphatic rings. The van der Waals surface area contributed by atoms with Crippen LogP contribution in [0.15, 0.2) is 0 Å². The highest BCUT2D eigenvalue weighted by molar-refractivity contribution is 5.69. The normalized spacial score (nSPS) is 12.0. The molecule has 2 unspecified atom stereocenters. The van der Waals surface area contributed by atoms with Gasteiger partial charge in [-0.15, -0.1) is 0 Å². The molecule has 0 spiro atoms. The summed E-state index contributed by atoms with van der Waals surface area (Å²) < 4.78 is 31.2. The molecule has 3 N–H and O–H groups in total. The Kier molecular flexibility index (Phi) is 33.0. The summed E-state index contributed by atoms with van der Waals surface area (Å²) in [5.74, 6) is -2.77. The number of hydrogen-bond donors (Lipinski definition) is 3. The Labute approximate surface area is 315 Å². The molecule has 0 rings (SSSR count). The van der Waals surface area contributed by atoms with Crippen LogP contribution < -0.4 is 5.32 Å². The van der Waals surface area contributed by atoms with Gasteiger partial charge in [-0.2, -0.15) is 0 Å². The molecule has 53 heavy (non-hydrogen) atoms. The number of nitrogens with one attached hydrogen (secondary N) is 1. The van der Waals surface area contributed by atoms with Gasteiger partial charge in [0.05, 0.1) is 19.8 Å². The van der Waals surface area contributed by atoms with Crippen molar-refractivity contribution in [1.29, 1.82) is 0 Å². The standard InChI is InChI=1S/C38H67NO14/c1-3-5-7-9-10-12-27-49-36(45)21-15-18-32(17-14-19-33(40)41)53-38(47)51-29-25-39-24-28-50-37(46)52-30-31(22-23-34(42)43)16-13-20-35(44)48-26-11-8-6-4-2/h31-32,39H,3-30H2,1-2H3,(H,40,41)(H,42,43). The third-order valence-electron chi connectivity index (χ3n) is 8.30. The van der Waals surface area contributed by atoms with Crippen LogP contribution in [0.5, 0.6) is 0 Å². The van der Waals surface area contributed by atoms with Crippen LogP contribution in [0.4, 0.5) is 9.59 Å². The smallest absolute Gasteiger partial charge is 0.481 e. The molecule has 0 aliphatic carbocycles. The lowest BCUT2D eigenvalue weighted by molar-refractivity contribution is -0.145. The number of ether oxygens (including phenoxy) is 6. The zero-order valence-electron chi connectivity index (χ0n) is 32.2. The number of aliphatic carboxylic acids is 2. The van der Waals surface area contributed by atoms with Crippen LogP contribution in [0.3, 0.4) is 0 Å². The number of carboxylic acids is 2. The second kappa shape index (κ2) is 35.4. The van der Waals surface area contributed by atoms with Gasteiger partial charge in [-0.25, -0.2) is 9.59 Å². The van der Waals surface area contributed by atoms with Crippen LogP contribution in [0.2, 0.25) is 0 Å². The summed E-state index contributed by atoms with van der Waals surface area (Å²) in [6.07, 6.45) is 11.0. The van der Waals surface area contributed by atoms with Crippen molar-refractivity contribution in [3.63, 3.8) is 0 Å². The number of carboxylic acid groups (broad SMARTS) is 2. The van der Waals surface area contributed by atoms with Crippen LogP contribution in [0.25, 0.3) is 0 Å². The first-order valence-electron chi connectivity index (χ1n) is 19.7. The lowest BCUT2D eigenvalue weighted by Gasteiger charge is -2.17. The maximum absolute atomic E-state index is 12.3. The molecule has 2 atom stereocenters. The molecule has 0 aromatic heterocycles. The Morgan fingerprint density at radius 3 is 1.55 bits per heavy atom. The fourth-order valence-corrected chi connectivity index (χ4v) is 5.25. The van der Waals surface area contributed by atoms with Gasteiger partial charge in [-0.05, 0) is 63.7 Å².